The topological polar surface area (TPSA) is 88.2 Å². The van der Waals surface area contributed by atoms with Crippen LogP contribution in [0.1, 0.15) is 5.56 Å². The maximum Gasteiger partial charge on any atom is 0.265 e. The Morgan fingerprint density at radius 3 is 2.50 bits per heavy atom. The van der Waals surface area contributed by atoms with E-state index >= 15 is 0 Å². The lowest BCUT2D eigenvalue weighted by atomic mass is 10.1. The fourth-order valence-corrected chi connectivity index (χ4v) is 2.93. The Hall–Kier alpha value is -2.25. The van der Waals surface area contributed by atoms with Gasteiger partial charge in [0.2, 0.25) is 0 Å². The van der Waals surface area contributed by atoms with Crippen molar-refractivity contribution in [1.82, 2.24) is 15.0 Å². The average Bonchev–Trinajstić information content (AvgIpc) is 2.54. The molecule has 1 amide bonds. The Balaban J connectivity index is 2.09. The number of amides is 1. The second-order valence-corrected chi connectivity index (χ2v) is 6.37. The summed E-state index contributed by atoms with van der Waals surface area (Å²) in [6.07, 6.45) is 3.06. The van der Waals surface area contributed by atoms with Crippen LogP contribution >= 0.6 is 0 Å². The normalized spacial score (nSPS) is 12.6. The lowest BCUT2D eigenvalue weighted by molar-refractivity contribution is -0.121. The molecule has 0 aliphatic heterocycles. The number of sulfonamides is 1. The van der Waals surface area contributed by atoms with E-state index in [1.165, 1.54) is 24.5 Å². The number of rotatable bonds is 6. The van der Waals surface area contributed by atoms with Crippen LogP contribution in [0.15, 0.2) is 59.8 Å². The van der Waals surface area contributed by atoms with Gasteiger partial charge < -0.3 is 5.32 Å². The summed E-state index contributed by atoms with van der Waals surface area (Å²) in [5.74, 6) is -0.602. The lowest BCUT2D eigenvalue weighted by Crippen LogP contribution is -2.46. The molecule has 0 bridgehead atoms. The lowest BCUT2D eigenvalue weighted by Gasteiger charge is -2.16. The maximum absolute atomic E-state index is 12.2. The van der Waals surface area contributed by atoms with Gasteiger partial charge in [0.15, 0.2) is 0 Å². The van der Waals surface area contributed by atoms with Gasteiger partial charge in [0.1, 0.15) is 4.90 Å². The van der Waals surface area contributed by atoms with E-state index in [-0.39, 0.29) is 4.90 Å². The van der Waals surface area contributed by atoms with E-state index < -0.39 is 22.0 Å². The van der Waals surface area contributed by atoms with E-state index in [1.54, 1.807) is 7.05 Å². The van der Waals surface area contributed by atoms with Crippen molar-refractivity contribution in [2.45, 2.75) is 17.4 Å². The van der Waals surface area contributed by atoms with Gasteiger partial charge in [-0.2, -0.15) is 0 Å². The van der Waals surface area contributed by atoms with Crippen molar-refractivity contribution in [2.75, 3.05) is 7.05 Å². The molecule has 0 saturated carbocycles. The largest absolute Gasteiger partial charge is 0.309 e. The fraction of sp³-hybridized carbons (Fsp3) is 0.200. The molecular weight excluding hydrogens is 302 g/mol. The molecule has 1 aromatic heterocycles. The van der Waals surface area contributed by atoms with Crippen molar-refractivity contribution in [3.8, 4) is 0 Å². The molecule has 116 valence electrons. The summed E-state index contributed by atoms with van der Waals surface area (Å²) in [5.41, 5.74) is 0.941. The van der Waals surface area contributed by atoms with Crippen molar-refractivity contribution < 1.29 is 13.2 Å². The zero-order chi connectivity index (χ0) is 16.0. The van der Waals surface area contributed by atoms with Gasteiger partial charge in [0, 0.05) is 12.4 Å². The number of carbonyl (C=O) groups excluding carboxylic acids is 1. The van der Waals surface area contributed by atoms with Crippen LogP contribution < -0.4 is 10.0 Å². The molecule has 2 N–H and O–H groups in total. The first kappa shape index (κ1) is 16.1. The number of nitrogens with one attached hydrogen (secondary N) is 2. The monoisotopic (exact) mass is 319 g/mol. The van der Waals surface area contributed by atoms with E-state index in [0.717, 1.165) is 5.56 Å². The molecule has 0 spiro atoms. The molecule has 1 heterocycles. The van der Waals surface area contributed by atoms with Crippen LogP contribution in [0.2, 0.25) is 0 Å². The molecule has 2 aromatic rings. The zero-order valence-corrected chi connectivity index (χ0v) is 12.9. The smallest absolute Gasteiger partial charge is 0.265 e. The highest BCUT2D eigenvalue weighted by Gasteiger charge is 2.23. The van der Waals surface area contributed by atoms with Gasteiger partial charge in [-0.05, 0) is 31.2 Å². The molecule has 1 unspecified atom stereocenters. The average molecular weight is 319 g/mol. The quantitative estimate of drug-likeness (QED) is 0.819. The van der Waals surface area contributed by atoms with Gasteiger partial charge in [-0.25, -0.2) is 13.1 Å². The minimum atomic E-state index is -3.91. The summed E-state index contributed by atoms with van der Waals surface area (Å²) in [4.78, 5) is 15.9. The van der Waals surface area contributed by atoms with Gasteiger partial charge in [-0.15, -0.1) is 0 Å². The molecule has 2 rings (SSSR count). The van der Waals surface area contributed by atoms with Gasteiger partial charge in [-0.1, -0.05) is 30.3 Å². The van der Waals surface area contributed by atoms with Crippen molar-refractivity contribution in [2.24, 2.45) is 0 Å². The second kappa shape index (κ2) is 7.15. The molecule has 0 saturated heterocycles. The highest BCUT2D eigenvalue weighted by atomic mass is 32.2. The molecule has 0 aliphatic rings. The summed E-state index contributed by atoms with van der Waals surface area (Å²) >= 11 is 0. The van der Waals surface area contributed by atoms with E-state index in [2.05, 4.69) is 15.0 Å². The number of benzene rings is 1. The van der Waals surface area contributed by atoms with Crippen LogP contribution in [0.25, 0.3) is 0 Å². The number of carbonyl (C=O) groups is 1. The third-order valence-electron chi connectivity index (χ3n) is 3.13. The minimum absolute atomic E-state index is 0.0436. The third-order valence-corrected chi connectivity index (χ3v) is 4.46. The van der Waals surface area contributed by atoms with Crippen molar-refractivity contribution in [3.63, 3.8) is 0 Å². The van der Waals surface area contributed by atoms with E-state index in [9.17, 15) is 13.2 Å². The van der Waals surface area contributed by atoms with Crippen LogP contribution in [0.4, 0.5) is 0 Å². The van der Waals surface area contributed by atoms with E-state index in [4.69, 9.17) is 0 Å². The van der Waals surface area contributed by atoms with Crippen molar-refractivity contribution >= 4 is 15.9 Å². The van der Waals surface area contributed by atoms with Gasteiger partial charge in [-0.3, -0.25) is 9.78 Å². The molecule has 1 aromatic carbocycles. The molecule has 6 nitrogen and oxygen atoms in total. The van der Waals surface area contributed by atoms with Crippen LogP contribution in [-0.2, 0) is 21.2 Å². The predicted molar refractivity (Wildman–Crippen MR) is 82.6 cm³/mol. The number of nitrogens with zero attached hydrogens (tertiary/aromatic N) is 1. The zero-order valence-electron chi connectivity index (χ0n) is 12.1. The Labute approximate surface area is 129 Å². The standard InChI is InChI=1S/C15H17N3O3S/c1-16-14(10-12-6-3-2-4-7-12)15(19)18-22(20,21)13-8-5-9-17-11-13/h2-9,11,14,16H,10H2,1H3,(H,18,19). The van der Waals surface area contributed by atoms with Crippen LogP contribution in [0.3, 0.4) is 0 Å². The highest BCUT2D eigenvalue weighted by molar-refractivity contribution is 7.90. The van der Waals surface area contributed by atoms with Gasteiger partial charge in [0.25, 0.3) is 15.9 Å². The van der Waals surface area contributed by atoms with Crippen LogP contribution in [0, 0.1) is 0 Å². The van der Waals surface area contributed by atoms with Crippen LogP contribution in [0.5, 0.6) is 0 Å². The first-order valence-corrected chi connectivity index (χ1v) is 8.19. The number of hydrogen-bond acceptors (Lipinski definition) is 5. The minimum Gasteiger partial charge on any atom is -0.309 e. The third kappa shape index (κ3) is 4.12. The van der Waals surface area contributed by atoms with Crippen molar-refractivity contribution in [1.29, 1.82) is 0 Å². The number of likely N-dealkylation sites (N-methyl/N-ethyl adjacent to an activating group) is 1. The van der Waals surface area contributed by atoms with Gasteiger partial charge in [0.05, 0.1) is 6.04 Å². The first-order valence-electron chi connectivity index (χ1n) is 6.71. The summed E-state index contributed by atoms with van der Waals surface area (Å²) in [6.45, 7) is 0. The molecule has 0 aliphatic carbocycles. The Morgan fingerprint density at radius 1 is 1.18 bits per heavy atom. The summed E-state index contributed by atoms with van der Waals surface area (Å²) in [5, 5.41) is 2.83. The molecule has 7 heteroatoms. The Bertz CT molecular complexity index is 718. The van der Waals surface area contributed by atoms with Crippen molar-refractivity contribution in [3.05, 3.63) is 60.4 Å². The summed E-state index contributed by atoms with van der Waals surface area (Å²) in [7, 11) is -2.29. The van der Waals surface area contributed by atoms with E-state index in [0.29, 0.717) is 6.42 Å². The van der Waals surface area contributed by atoms with Crippen LogP contribution in [-0.4, -0.2) is 32.4 Å². The molecular formula is C15H17N3O3S. The molecule has 0 fully saturated rings. The SMILES string of the molecule is CNC(Cc1ccccc1)C(=O)NS(=O)(=O)c1cccnc1. The molecule has 22 heavy (non-hydrogen) atoms. The number of aromatic nitrogens is 1. The fourth-order valence-electron chi connectivity index (χ4n) is 1.94. The predicted octanol–water partition coefficient (Wildman–Crippen LogP) is 0.717. The summed E-state index contributed by atoms with van der Waals surface area (Å²) < 4.78 is 26.3. The maximum atomic E-state index is 12.2. The Kier molecular flexibility index (Phi) is 5.24. The highest BCUT2D eigenvalue weighted by Crippen LogP contribution is 2.07. The Morgan fingerprint density at radius 2 is 1.91 bits per heavy atom. The number of pyridine rings is 1. The molecule has 1 atom stereocenters. The molecule has 0 radical (unpaired) electrons. The second-order valence-electron chi connectivity index (χ2n) is 4.69. The van der Waals surface area contributed by atoms with E-state index in [1.807, 2.05) is 30.3 Å². The summed E-state index contributed by atoms with van der Waals surface area (Å²) in [6, 6.07) is 11.6. The van der Waals surface area contributed by atoms with Gasteiger partial charge >= 0.3 is 0 Å². The first-order chi connectivity index (χ1) is 10.5. The number of hydrogen-bond donors (Lipinski definition) is 2.